The number of Topliss-reactive ketones (excluding diaryl/α,β-unsaturated/α-hetero) is 1. The number of ketones is 1. The van der Waals surface area contributed by atoms with Crippen LogP contribution in [0, 0.1) is 0 Å². The minimum absolute atomic E-state index is 0.143. The molecule has 3 aromatic heterocycles. The van der Waals surface area contributed by atoms with Gasteiger partial charge in [0, 0.05) is 54.7 Å². The number of alkyl halides is 2. The summed E-state index contributed by atoms with van der Waals surface area (Å²) >= 11 is 0. The van der Waals surface area contributed by atoms with Gasteiger partial charge in [-0.05, 0) is 24.6 Å². The van der Waals surface area contributed by atoms with Crippen LogP contribution in [0.1, 0.15) is 30.1 Å². The molecule has 0 saturated carbocycles. The monoisotopic (exact) mass is 455 g/mol. The predicted molar refractivity (Wildman–Crippen MR) is 118 cm³/mol. The van der Waals surface area contributed by atoms with Crippen LogP contribution in [-0.2, 0) is 6.54 Å². The molecule has 4 aromatic rings. The maximum absolute atomic E-state index is 12.6. The number of nitrogens with zero attached hydrogens (tertiary/aromatic N) is 5. The van der Waals surface area contributed by atoms with Crippen LogP contribution in [0.3, 0.4) is 0 Å². The molecule has 0 fully saturated rings. The standard InChI is InChI=1S/C23H23F2N5O3/c1-4-29-12-16(10-27-29)15-9-26-23-17(11-28-30(23)13-15)14-7-19(32-2)22(20(8-14)33-3)18(31)5-6-21(24)25/h7-13,21H,4-6H2,1-3H3. The quantitative estimate of drug-likeness (QED) is 0.345. The fourth-order valence-electron chi connectivity index (χ4n) is 3.62. The normalized spacial score (nSPS) is 11.3. The SMILES string of the molecule is CCn1cc(-c2cnc3c(-c4cc(OC)c(C(=O)CCC(F)F)c(OC)c4)cnn3c2)cn1. The highest BCUT2D eigenvalue weighted by atomic mass is 19.3. The Labute approximate surface area is 188 Å². The number of ether oxygens (including phenoxy) is 2. The molecule has 3 heterocycles. The zero-order chi connectivity index (χ0) is 23.5. The van der Waals surface area contributed by atoms with Crippen molar-refractivity contribution in [2.45, 2.75) is 32.7 Å². The summed E-state index contributed by atoms with van der Waals surface area (Å²) in [5.41, 5.74) is 3.91. The van der Waals surface area contributed by atoms with Gasteiger partial charge in [-0.3, -0.25) is 9.48 Å². The van der Waals surface area contributed by atoms with E-state index in [4.69, 9.17) is 9.47 Å². The van der Waals surface area contributed by atoms with E-state index in [1.54, 1.807) is 35.2 Å². The molecule has 0 amide bonds. The van der Waals surface area contributed by atoms with E-state index >= 15 is 0 Å². The van der Waals surface area contributed by atoms with E-state index in [2.05, 4.69) is 15.2 Å². The number of aryl methyl sites for hydroxylation is 1. The summed E-state index contributed by atoms with van der Waals surface area (Å²) in [6.07, 6.45) is 5.59. The smallest absolute Gasteiger partial charge is 0.239 e. The van der Waals surface area contributed by atoms with Crippen molar-refractivity contribution in [1.29, 1.82) is 0 Å². The molecule has 172 valence electrons. The number of halogens is 2. The lowest BCUT2D eigenvalue weighted by atomic mass is 9.99. The fraction of sp³-hybridized carbons (Fsp3) is 0.304. The number of carbonyl (C=O) groups excluding carboxylic acids is 1. The van der Waals surface area contributed by atoms with Crippen molar-refractivity contribution >= 4 is 11.4 Å². The molecule has 0 aliphatic rings. The summed E-state index contributed by atoms with van der Waals surface area (Å²) in [5.74, 6) is 0.0175. The highest BCUT2D eigenvalue weighted by Crippen LogP contribution is 2.37. The summed E-state index contributed by atoms with van der Waals surface area (Å²) < 4.78 is 39.5. The fourth-order valence-corrected chi connectivity index (χ4v) is 3.62. The lowest BCUT2D eigenvalue weighted by Gasteiger charge is -2.14. The Morgan fingerprint density at radius 3 is 2.30 bits per heavy atom. The number of methoxy groups -OCH3 is 2. The second-order valence-corrected chi connectivity index (χ2v) is 7.36. The van der Waals surface area contributed by atoms with E-state index in [0.717, 1.165) is 17.7 Å². The zero-order valence-electron chi connectivity index (χ0n) is 18.5. The summed E-state index contributed by atoms with van der Waals surface area (Å²) in [6.45, 7) is 2.78. The average molecular weight is 455 g/mol. The van der Waals surface area contributed by atoms with E-state index in [1.807, 2.05) is 24.0 Å². The number of hydrogen-bond donors (Lipinski definition) is 0. The number of hydrogen-bond acceptors (Lipinski definition) is 6. The molecule has 0 spiro atoms. The Morgan fingerprint density at radius 2 is 1.70 bits per heavy atom. The van der Waals surface area contributed by atoms with Gasteiger partial charge < -0.3 is 9.47 Å². The molecule has 0 saturated heterocycles. The van der Waals surface area contributed by atoms with E-state index in [1.165, 1.54) is 14.2 Å². The number of carbonyl (C=O) groups is 1. The molecule has 0 aliphatic heterocycles. The van der Waals surface area contributed by atoms with E-state index in [0.29, 0.717) is 16.8 Å². The molecular weight excluding hydrogens is 432 g/mol. The Hall–Kier alpha value is -3.82. The minimum Gasteiger partial charge on any atom is -0.496 e. The summed E-state index contributed by atoms with van der Waals surface area (Å²) in [7, 11) is 2.83. The van der Waals surface area contributed by atoms with Gasteiger partial charge in [0.15, 0.2) is 11.4 Å². The molecule has 0 radical (unpaired) electrons. The molecule has 10 heteroatoms. The number of aromatic nitrogens is 5. The van der Waals surface area contributed by atoms with Gasteiger partial charge in [0.2, 0.25) is 6.43 Å². The van der Waals surface area contributed by atoms with Crippen LogP contribution in [0.2, 0.25) is 0 Å². The van der Waals surface area contributed by atoms with Gasteiger partial charge in [0.25, 0.3) is 0 Å². The highest BCUT2D eigenvalue weighted by molar-refractivity contribution is 6.02. The third kappa shape index (κ3) is 4.41. The topological polar surface area (TPSA) is 83.5 Å². The Balaban J connectivity index is 1.73. The Morgan fingerprint density at radius 1 is 1.00 bits per heavy atom. The van der Waals surface area contributed by atoms with Gasteiger partial charge in [0.1, 0.15) is 17.1 Å². The molecule has 33 heavy (non-hydrogen) atoms. The Kier molecular flexibility index (Phi) is 6.34. The first-order valence-electron chi connectivity index (χ1n) is 10.4. The van der Waals surface area contributed by atoms with Crippen molar-refractivity contribution in [3.63, 3.8) is 0 Å². The maximum Gasteiger partial charge on any atom is 0.239 e. The van der Waals surface area contributed by atoms with E-state index in [9.17, 15) is 13.6 Å². The lowest BCUT2D eigenvalue weighted by molar-refractivity contribution is 0.0903. The lowest BCUT2D eigenvalue weighted by Crippen LogP contribution is -2.07. The summed E-state index contributed by atoms with van der Waals surface area (Å²) in [4.78, 5) is 17.2. The molecule has 4 rings (SSSR count). The van der Waals surface area contributed by atoms with Crippen molar-refractivity contribution in [2.24, 2.45) is 0 Å². The van der Waals surface area contributed by atoms with Crippen molar-refractivity contribution in [1.82, 2.24) is 24.4 Å². The first-order valence-corrected chi connectivity index (χ1v) is 10.4. The zero-order valence-corrected chi connectivity index (χ0v) is 18.5. The third-order valence-electron chi connectivity index (χ3n) is 5.33. The molecular formula is C23H23F2N5O3. The van der Waals surface area contributed by atoms with Crippen LogP contribution in [0.15, 0.2) is 43.1 Å². The van der Waals surface area contributed by atoms with Crippen molar-refractivity contribution in [2.75, 3.05) is 14.2 Å². The third-order valence-corrected chi connectivity index (χ3v) is 5.33. The van der Waals surface area contributed by atoms with Gasteiger partial charge in [-0.25, -0.2) is 18.3 Å². The van der Waals surface area contributed by atoms with Crippen molar-refractivity contribution < 1.29 is 23.0 Å². The first kappa shape index (κ1) is 22.4. The van der Waals surface area contributed by atoms with Gasteiger partial charge in [0.05, 0.1) is 26.6 Å². The molecule has 0 atom stereocenters. The molecule has 8 nitrogen and oxygen atoms in total. The van der Waals surface area contributed by atoms with Crippen LogP contribution >= 0.6 is 0 Å². The first-order chi connectivity index (χ1) is 15.9. The van der Waals surface area contributed by atoms with Crippen molar-refractivity contribution in [3.8, 4) is 33.8 Å². The molecule has 0 bridgehead atoms. The number of rotatable bonds is 9. The Bertz CT molecular complexity index is 1270. The number of fused-ring (bicyclic) bond motifs is 1. The van der Waals surface area contributed by atoms with Crippen LogP contribution in [0.5, 0.6) is 11.5 Å². The summed E-state index contributed by atoms with van der Waals surface area (Å²) in [5, 5.41) is 8.71. The molecule has 0 aliphatic carbocycles. The van der Waals surface area contributed by atoms with Crippen LogP contribution in [-0.4, -0.2) is 50.8 Å². The number of benzene rings is 1. The molecule has 0 unspecified atom stereocenters. The molecule has 1 aromatic carbocycles. The highest BCUT2D eigenvalue weighted by Gasteiger charge is 2.22. The van der Waals surface area contributed by atoms with Crippen LogP contribution in [0.4, 0.5) is 8.78 Å². The van der Waals surface area contributed by atoms with Gasteiger partial charge in [-0.2, -0.15) is 10.2 Å². The largest absolute Gasteiger partial charge is 0.496 e. The predicted octanol–water partition coefficient (Wildman–Crippen LogP) is 4.52. The molecule has 0 N–H and O–H groups in total. The van der Waals surface area contributed by atoms with Crippen molar-refractivity contribution in [3.05, 3.63) is 48.7 Å². The van der Waals surface area contributed by atoms with Gasteiger partial charge in [-0.1, -0.05) is 0 Å². The second kappa shape index (κ2) is 9.35. The minimum atomic E-state index is -2.56. The average Bonchev–Trinajstić information content (AvgIpc) is 3.48. The summed E-state index contributed by atoms with van der Waals surface area (Å²) in [6, 6.07) is 3.33. The van der Waals surface area contributed by atoms with E-state index < -0.39 is 18.6 Å². The van der Waals surface area contributed by atoms with Gasteiger partial charge in [-0.15, -0.1) is 0 Å². The van der Waals surface area contributed by atoms with Crippen LogP contribution in [0.25, 0.3) is 27.9 Å². The van der Waals surface area contributed by atoms with Crippen LogP contribution < -0.4 is 9.47 Å². The van der Waals surface area contributed by atoms with Gasteiger partial charge >= 0.3 is 0 Å². The van der Waals surface area contributed by atoms with E-state index in [-0.39, 0.29) is 23.5 Å². The second-order valence-electron chi connectivity index (χ2n) is 7.36. The maximum atomic E-state index is 12.6.